The maximum Gasteiger partial charge on any atom is 0.339 e. The van der Waals surface area contributed by atoms with Crippen LogP contribution in [0.25, 0.3) is 0 Å². The molecule has 0 saturated heterocycles. The van der Waals surface area contributed by atoms with E-state index in [2.05, 4.69) is 0 Å². The number of carbonyl (C=O) groups is 1. The van der Waals surface area contributed by atoms with Crippen LogP contribution in [0.15, 0.2) is 60.9 Å². The maximum atomic E-state index is 11.6. The Morgan fingerprint density at radius 2 is 1.36 bits per heavy atom. The number of hydrogen-bond donors (Lipinski definition) is 0. The van der Waals surface area contributed by atoms with E-state index in [4.69, 9.17) is 20.0 Å². The third-order valence-corrected chi connectivity index (χ3v) is 2.59. The van der Waals surface area contributed by atoms with Gasteiger partial charge in [0.1, 0.15) is 11.5 Å². The summed E-state index contributed by atoms with van der Waals surface area (Å²) in [6, 6.07) is 16.6. The molecule has 0 aliphatic rings. The van der Waals surface area contributed by atoms with Crippen LogP contribution in [0.1, 0.15) is 11.1 Å². The van der Waals surface area contributed by atoms with Crippen molar-refractivity contribution in [2.45, 2.75) is 0 Å². The first-order chi connectivity index (χ1) is 10.7. The van der Waals surface area contributed by atoms with Crippen LogP contribution in [-0.4, -0.2) is 5.97 Å². The Kier molecular flexibility index (Phi) is 4.90. The van der Waals surface area contributed by atoms with Crippen molar-refractivity contribution in [3.63, 3.8) is 0 Å². The van der Waals surface area contributed by atoms with E-state index < -0.39 is 5.97 Å². The van der Waals surface area contributed by atoms with Gasteiger partial charge < -0.3 is 9.47 Å². The lowest BCUT2D eigenvalue weighted by atomic mass is 10.2. The fourth-order valence-electron chi connectivity index (χ4n) is 1.52. The monoisotopic (exact) mass is 290 g/mol. The van der Waals surface area contributed by atoms with Crippen LogP contribution in [0.3, 0.4) is 0 Å². The normalized spacial score (nSPS) is 9.73. The molecule has 0 amide bonds. The zero-order valence-electron chi connectivity index (χ0n) is 11.4. The van der Waals surface area contributed by atoms with Crippen molar-refractivity contribution in [3.8, 4) is 23.6 Å². The van der Waals surface area contributed by atoms with Gasteiger partial charge in [-0.05, 0) is 48.5 Å². The first kappa shape index (κ1) is 14.8. The van der Waals surface area contributed by atoms with Crippen molar-refractivity contribution >= 4 is 5.97 Å². The highest BCUT2D eigenvalue weighted by Gasteiger charge is 2.01. The molecule has 2 aromatic carbocycles. The summed E-state index contributed by atoms with van der Waals surface area (Å²) in [6.07, 6.45) is 2.34. The van der Waals surface area contributed by atoms with Crippen LogP contribution in [-0.2, 0) is 4.79 Å². The molecule has 2 aromatic rings. The second kappa shape index (κ2) is 7.28. The summed E-state index contributed by atoms with van der Waals surface area (Å²) in [5, 5.41) is 17.3. The molecule has 0 aliphatic heterocycles. The Hall–Kier alpha value is -3.57. The van der Waals surface area contributed by atoms with Crippen molar-refractivity contribution < 1.29 is 14.3 Å². The van der Waals surface area contributed by atoms with Crippen molar-refractivity contribution in [2.75, 3.05) is 0 Å². The number of benzene rings is 2. The quantitative estimate of drug-likeness (QED) is 0.374. The first-order valence-electron chi connectivity index (χ1n) is 6.26. The molecule has 106 valence electrons. The Bertz CT molecular complexity index is 764. The second-order valence-electron chi connectivity index (χ2n) is 4.11. The molecule has 0 radical (unpaired) electrons. The van der Waals surface area contributed by atoms with Crippen LogP contribution in [0.5, 0.6) is 11.5 Å². The van der Waals surface area contributed by atoms with Crippen molar-refractivity contribution in [1.29, 1.82) is 10.5 Å². The van der Waals surface area contributed by atoms with Crippen LogP contribution in [0.4, 0.5) is 0 Å². The summed E-state index contributed by atoms with van der Waals surface area (Å²) in [4.78, 5) is 11.6. The number of carbonyl (C=O) groups excluding carboxylic acids is 1. The van der Waals surface area contributed by atoms with Crippen LogP contribution in [0, 0.1) is 22.7 Å². The molecule has 0 heterocycles. The zero-order valence-corrected chi connectivity index (χ0v) is 11.4. The minimum Gasteiger partial charge on any atom is -0.465 e. The molecule has 5 nitrogen and oxygen atoms in total. The van der Waals surface area contributed by atoms with Crippen molar-refractivity contribution in [3.05, 3.63) is 72.0 Å². The average Bonchev–Trinajstić information content (AvgIpc) is 2.56. The van der Waals surface area contributed by atoms with E-state index in [1.54, 1.807) is 36.4 Å². The molecule has 0 fully saturated rings. The summed E-state index contributed by atoms with van der Waals surface area (Å²) in [5.74, 6) is 0.242. The topological polar surface area (TPSA) is 83.1 Å². The first-order valence-corrected chi connectivity index (χ1v) is 6.26. The fourth-order valence-corrected chi connectivity index (χ4v) is 1.52. The number of esters is 1. The highest BCUT2D eigenvalue weighted by atomic mass is 16.5. The summed E-state index contributed by atoms with van der Waals surface area (Å²) in [7, 11) is 0. The molecule has 22 heavy (non-hydrogen) atoms. The average molecular weight is 290 g/mol. The third-order valence-electron chi connectivity index (χ3n) is 2.59. The number of rotatable bonds is 4. The second-order valence-corrected chi connectivity index (χ2v) is 4.11. The molecule has 0 unspecified atom stereocenters. The number of nitrogens with zero attached hydrogens (tertiary/aromatic N) is 2. The molecule has 5 heteroatoms. The van der Waals surface area contributed by atoms with Gasteiger partial charge in [-0.25, -0.2) is 4.79 Å². The minimum atomic E-state index is -0.599. The Morgan fingerprint density at radius 1 is 0.864 bits per heavy atom. The smallest absolute Gasteiger partial charge is 0.339 e. The molecule has 0 spiro atoms. The third kappa shape index (κ3) is 4.22. The molecule has 0 aromatic heterocycles. The number of ether oxygens (including phenoxy) is 2. The van der Waals surface area contributed by atoms with Gasteiger partial charge in [-0.2, -0.15) is 10.5 Å². The van der Waals surface area contributed by atoms with Crippen LogP contribution >= 0.6 is 0 Å². The highest BCUT2D eigenvalue weighted by molar-refractivity contribution is 5.83. The van der Waals surface area contributed by atoms with E-state index in [9.17, 15) is 4.79 Å². The van der Waals surface area contributed by atoms with E-state index in [-0.39, 0.29) is 0 Å². The fraction of sp³-hybridized carbons (Fsp3) is 0. The number of hydrogen-bond acceptors (Lipinski definition) is 5. The molecule has 0 atom stereocenters. The lowest BCUT2D eigenvalue weighted by Crippen LogP contribution is -2.04. The minimum absolute atomic E-state index is 0.340. The zero-order chi connectivity index (χ0) is 15.8. The van der Waals surface area contributed by atoms with Gasteiger partial charge in [0.15, 0.2) is 0 Å². The van der Waals surface area contributed by atoms with E-state index >= 15 is 0 Å². The lowest BCUT2D eigenvalue weighted by Gasteiger charge is -2.01. The summed E-state index contributed by atoms with van der Waals surface area (Å²) in [5.41, 5.74) is 1.01. The van der Waals surface area contributed by atoms with E-state index in [1.165, 1.54) is 18.4 Å². The largest absolute Gasteiger partial charge is 0.465 e. The van der Waals surface area contributed by atoms with E-state index in [1.807, 2.05) is 12.1 Å². The Morgan fingerprint density at radius 3 is 1.86 bits per heavy atom. The lowest BCUT2D eigenvalue weighted by molar-refractivity contribution is -0.129. The van der Waals surface area contributed by atoms with Crippen LogP contribution < -0.4 is 9.47 Å². The summed E-state index contributed by atoms with van der Waals surface area (Å²) in [6.45, 7) is 0. The van der Waals surface area contributed by atoms with Gasteiger partial charge in [-0.15, -0.1) is 0 Å². The maximum absolute atomic E-state index is 11.6. The highest BCUT2D eigenvalue weighted by Crippen LogP contribution is 2.13. The Balaban J connectivity index is 1.88. The Labute approximate surface area is 127 Å². The van der Waals surface area contributed by atoms with E-state index in [0.717, 1.165) is 6.08 Å². The van der Waals surface area contributed by atoms with Gasteiger partial charge in [-0.1, -0.05) is 0 Å². The predicted octanol–water partition coefficient (Wildman–Crippen LogP) is 2.93. The molecule has 0 bridgehead atoms. The van der Waals surface area contributed by atoms with Crippen LogP contribution in [0.2, 0.25) is 0 Å². The van der Waals surface area contributed by atoms with E-state index in [0.29, 0.717) is 22.6 Å². The van der Waals surface area contributed by atoms with Gasteiger partial charge >= 0.3 is 5.97 Å². The predicted molar refractivity (Wildman–Crippen MR) is 77.7 cm³/mol. The number of nitriles is 2. The summed E-state index contributed by atoms with van der Waals surface area (Å²) >= 11 is 0. The molecular weight excluding hydrogens is 280 g/mol. The SMILES string of the molecule is N#Cc1ccc(O/C=C/C(=O)Oc2ccc(C#N)cc2)cc1. The molecule has 0 saturated carbocycles. The van der Waals surface area contributed by atoms with Crippen molar-refractivity contribution in [2.24, 2.45) is 0 Å². The van der Waals surface area contributed by atoms with Crippen molar-refractivity contribution in [1.82, 2.24) is 0 Å². The van der Waals surface area contributed by atoms with Gasteiger partial charge in [0, 0.05) is 0 Å². The van der Waals surface area contributed by atoms with Gasteiger partial charge in [0.05, 0.1) is 35.6 Å². The van der Waals surface area contributed by atoms with Gasteiger partial charge in [0.25, 0.3) is 0 Å². The molecule has 0 N–H and O–H groups in total. The van der Waals surface area contributed by atoms with Gasteiger partial charge in [-0.3, -0.25) is 0 Å². The molecular formula is C17H10N2O3. The molecule has 0 aliphatic carbocycles. The standard InChI is InChI=1S/C17H10N2O3/c18-11-13-1-5-15(6-2-13)21-10-9-17(20)22-16-7-3-14(12-19)4-8-16/h1-10H/b10-9+. The van der Waals surface area contributed by atoms with Gasteiger partial charge in [0.2, 0.25) is 0 Å². The molecule has 2 rings (SSSR count). The summed E-state index contributed by atoms with van der Waals surface area (Å²) < 4.78 is 10.2.